The molecular weight excluding hydrogens is 582 g/mol. The van der Waals surface area contributed by atoms with Crippen molar-refractivity contribution < 1.29 is 29.0 Å². The van der Waals surface area contributed by atoms with Crippen molar-refractivity contribution >= 4 is 61.0 Å². The lowest BCUT2D eigenvalue weighted by atomic mass is 10.1. The van der Waals surface area contributed by atoms with Gasteiger partial charge >= 0.3 is 5.69 Å². The van der Waals surface area contributed by atoms with Crippen LogP contribution in [0.25, 0.3) is 0 Å². The van der Waals surface area contributed by atoms with E-state index in [4.69, 9.17) is 4.74 Å². The maximum Gasteiger partial charge on any atom is 0.312 e. The first kappa shape index (κ1) is 23.2. The topological polar surface area (TPSA) is 150 Å². The van der Waals surface area contributed by atoms with Crippen molar-refractivity contribution in [2.45, 2.75) is 0 Å². The molecule has 0 bridgehead atoms. The van der Waals surface area contributed by atoms with Crippen LogP contribution in [-0.2, 0) is 0 Å². The second kappa shape index (κ2) is 8.76. The smallest absolute Gasteiger partial charge is 0.312 e. The summed E-state index contributed by atoms with van der Waals surface area (Å²) in [5.41, 5.74) is -1.27. The van der Waals surface area contributed by atoms with Crippen LogP contribution in [0.2, 0.25) is 0 Å². The molecule has 0 aromatic heterocycles. The predicted octanol–water partition coefficient (Wildman–Crippen LogP) is 5.26. The van der Waals surface area contributed by atoms with Gasteiger partial charge in [-0.1, -0.05) is 15.9 Å². The van der Waals surface area contributed by atoms with Crippen molar-refractivity contribution in [3.8, 4) is 11.5 Å². The summed E-state index contributed by atoms with van der Waals surface area (Å²) in [5, 5.41) is 22.3. The highest BCUT2D eigenvalue weighted by Gasteiger charge is 2.41. The van der Waals surface area contributed by atoms with Crippen LogP contribution >= 0.6 is 31.9 Å². The third-order valence-electron chi connectivity index (χ3n) is 4.80. The lowest BCUT2D eigenvalue weighted by Crippen LogP contribution is -2.36. The fraction of sp³-hybridized carbons (Fsp3) is 0. The van der Waals surface area contributed by atoms with E-state index in [0.717, 1.165) is 18.2 Å². The zero-order valence-corrected chi connectivity index (χ0v) is 19.7. The Bertz CT molecular complexity index is 1440. The third-order valence-corrected chi connectivity index (χ3v) is 5.98. The molecule has 0 saturated heterocycles. The van der Waals surface area contributed by atoms with Crippen molar-refractivity contribution in [3.05, 3.63) is 100 Å². The molecule has 0 aliphatic carbocycles. The van der Waals surface area contributed by atoms with Gasteiger partial charge in [-0.3, -0.25) is 34.6 Å². The van der Waals surface area contributed by atoms with Crippen LogP contribution in [-0.4, -0.2) is 32.5 Å². The van der Waals surface area contributed by atoms with Crippen LogP contribution in [0.4, 0.5) is 11.4 Å². The standard InChI is InChI=1S/C21H9Br2N3O8/c22-10-1-6-18(17(7-10)26(32)33)34-12-3-5-16(23)15(9-12)21(29)24-19(27)13-4-2-11(25(30)31)8-14(13)20(24)28/h1-9H. The summed E-state index contributed by atoms with van der Waals surface area (Å²) in [6.45, 7) is 0. The second-order valence-electron chi connectivity index (χ2n) is 6.85. The number of hydrogen-bond donors (Lipinski definition) is 0. The van der Waals surface area contributed by atoms with Crippen molar-refractivity contribution in [1.29, 1.82) is 0 Å². The lowest BCUT2D eigenvalue weighted by Gasteiger charge is -2.14. The molecule has 34 heavy (non-hydrogen) atoms. The summed E-state index contributed by atoms with van der Waals surface area (Å²) in [6, 6.07) is 11.3. The quantitative estimate of drug-likeness (QED) is 0.222. The Morgan fingerprint density at radius 3 is 2.24 bits per heavy atom. The largest absolute Gasteiger partial charge is 0.450 e. The predicted molar refractivity (Wildman–Crippen MR) is 123 cm³/mol. The van der Waals surface area contributed by atoms with Crippen LogP contribution in [0.15, 0.2) is 63.5 Å². The number of hydrogen-bond acceptors (Lipinski definition) is 8. The highest BCUT2D eigenvalue weighted by atomic mass is 79.9. The molecule has 13 heteroatoms. The van der Waals surface area contributed by atoms with Crippen molar-refractivity contribution in [2.75, 3.05) is 0 Å². The minimum absolute atomic E-state index is 0.0317. The van der Waals surface area contributed by atoms with Gasteiger partial charge in [0.25, 0.3) is 23.4 Å². The van der Waals surface area contributed by atoms with Gasteiger partial charge in [-0.15, -0.1) is 0 Å². The molecule has 3 amide bonds. The zero-order valence-electron chi connectivity index (χ0n) is 16.6. The monoisotopic (exact) mass is 589 g/mol. The van der Waals surface area contributed by atoms with E-state index < -0.39 is 33.3 Å². The molecule has 3 aromatic carbocycles. The van der Waals surface area contributed by atoms with Crippen molar-refractivity contribution in [2.24, 2.45) is 0 Å². The van der Waals surface area contributed by atoms with Gasteiger partial charge in [-0.2, -0.15) is 0 Å². The first-order valence-electron chi connectivity index (χ1n) is 9.21. The first-order valence-corrected chi connectivity index (χ1v) is 10.8. The molecule has 0 spiro atoms. The van der Waals surface area contributed by atoms with E-state index in [2.05, 4.69) is 31.9 Å². The number of nitrogens with zero attached hydrogens (tertiary/aromatic N) is 3. The SMILES string of the molecule is O=C(c1cc(Oc2ccc(Br)cc2[N+](=O)[O-])ccc1Br)N1C(=O)c2ccc([N+](=O)[O-])cc2C1=O. The highest BCUT2D eigenvalue weighted by molar-refractivity contribution is 9.10. The molecule has 4 rings (SSSR count). The summed E-state index contributed by atoms with van der Waals surface area (Å²) in [6.07, 6.45) is 0. The number of nitro groups is 2. The molecule has 3 aromatic rings. The van der Waals surface area contributed by atoms with Crippen LogP contribution in [0.5, 0.6) is 11.5 Å². The Morgan fingerprint density at radius 1 is 0.853 bits per heavy atom. The summed E-state index contributed by atoms with van der Waals surface area (Å²) in [7, 11) is 0. The molecule has 1 aliphatic rings. The van der Waals surface area contributed by atoms with Gasteiger partial charge in [-0.05, 0) is 52.3 Å². The van der Waals surface area contributed by atoms with E-state index in [-0.39, 0.29) is 38.3 Å². The molecule has 0 radical (unpaired) electrons. The van der Waals surface area contributed by atoms with Gasteiger partial charge in [0, 0.05) is 27.1 Å². The summed E-state index contributed by atoms with van der Waals surface area (Å²) in [4.78, 5) is 60.0. The van der Waals surface area contributed by atoms with E-state index in [1.54, 1.807) is 0 Å². The van der Waals surface area contributed by atoms with Gasteiger partial charge in [0.1, 0.15) is 5.75 Å². The first-order chi connectivity index (χ1) is 16.1. The van der Waals surface area contributed by atoms with E-state index in [9.17, 15) is 34.6 Å². The number of carbonyl (C=O) groups excluding carboxylic acids is 3. The fourth-order valence-corrected chi connectivity index (χ4v) is 3.99. The van der Waals surface area contributed by atoms with E-state index >= 15 is 0 Å². The Kier molecular flexibility index (Phi) is 5.98. The average molecular weight is 591 g/mol. The number of halogens is 2. The summed E-state index contributed by atoms with van der Waals surface area (Å²) < 4.78 is 6.28. The Labute approximate surface area is 206 Å². The van der Waals surface area contributed by atoms with Gasteiger partial charge < -0.3 is 4.74 Å². The normalized spacial score (nSPS) is 12.5. The van der Waals surface area contributed by atoms with Gasteiger partial charge in [0.2, 0.25) is 5.75 Å². The second-order valence-corrected chi connectivity index (χ2v) is 8.62. The van der Waals surface area contributed by atoms with Crippen LogP contribution in [0.3, 0.4) is 0 Å². The Balaban J connectivity index is 1.68. The molecule has 0 N–H and O–H groups in total. The molecular formula is C21H9Br2N3O8. The van der Waals surface area contributed by atoms with Crippen LogP contribution in [0.1, 0.15) is 31.1 Å². The summed E-state index contributed by atoms with van der Waals surface area (Å²) in [5.74, 6) is -3.00. The molecule has 0 saturated carbocycles. The number of benzene rings is 3. The molecule has 0 fully saturated rings. The highest BCUT2D eigenvalue weighted by Crippen LogP contribution is 2.36. The lowest BCUT2D eigenvalue weighted by molar-refractivity contribution is -0.385. The number of carbonyl (C=O) groups is 3. The van der Waals surface area contributed by atoms with E-state index in [1.807, 2.05) is 0 Å². The summed E-state index contributed by atoms with van der Waals surface area (Å²) >= 11 is 6.33. The zero-order chi connectivity index (χ0) is 24.7. The molecule has 170 valence electrons. The number of fused-ring (bicyclic) bond motifs is 1. The molecule has 1 aliphatic heterocycles. The minimum Gasteiger partial charge on any atom is -0.450 e. The van der Waals surface area contributed by atoms with E-state index in [0.29, 0.717) is 9.37 Å². The average Bonchev–Trinajstić information content (AvgIpc) is 3.05. The van der Waals surface area contributed by atoms with E-state index in [1.165, 1.54) is 36.4 Å². The van der Waals surface area contributed by atoms with Gasteiger partial charge in [-0.25, -0.2) is 4.90 Å². The Hall–Kier alpha value is -3.97. The van der Waals surface area contributed by atoms with Crippen molar-refractivity contribution in [3.63, 3.8) is 0 Å². The Morgan fingerprint density at radius 2 is 1.56 bits per heavy atom. The third kappa shape index (κ3) is 4.06. The number of nitro benzene ring substituents is 2. The van der Waals surface area contributed by atoms with Gasteiger partial charge in [0.15, 0.2) is 0 Å². The number of ether oxygens (including phenoxy) is 1. The molecule has 0 unspecified atom stereocenters. The number of amides is 3. The number of non-ortho nitro benzene ring substituents is 1. The van der Waals surface area contributed by atoms with Crippen molar-refractivity contribution in [1.82, 2.24) is 4.90 Å². The number of imide groups is 3. The number of rotatable bonds is 5. The van der Waals surface area contributed by atoms with Crippen LogP contribution in [0, 0.1) is 20.2 Å². The fourth-order valence-electron chi connectivity index (χ4n) is 3.23. The van der Waals surface area contributed by atoms with Crippen LogP contribution < -0.4 is 4.74 Å². The molecule has 0 atom stereocenters. The maximum absolute atomic E-state index is 13.2. The minimum atomic E-state index is -1.00. The molecule has 1 heterocycles. The maximum atomic E-state index is 13.2. The van der Waals surface area contributed by atoms with Gasteiger partial charge in [0.05, 0.1) is 26.5 Å². The molecule has 11 nitrogen and oxygen atoms in total.